The minimum Gasteiger partial charge on any atom is -0.314 e. The van der Waals surface area contributed by atoms with Gasteiger partial charge in [0.1, 0.15) is 0 Å². The predicted molar refractivity (Wildman–Crippen MR) is 95.6 cm³/mol. The Morgan fingerprint density at radius 3 is 2.43 bits per heavy atom. The van der Waals surface area contributed by atoms with E-state index in [2.05, 4.69) is 39.1 Å². The highest BCUT2D eigenvalue weighted by Crippen LogP contribution is 2.35. The summed E-state index contributed by atoms with van der Waals surface area (Å²) in [4.78, 5) is 0. The molecule has 1 aromatic carbocycles. The first kappa shape index (κ1) is 18.8. The number of unbranched alkanes of at least 4 members (excludes halogenated alkanes) is 1. The minimum absolute atomic E-state index is 0.276. The van der Waals surface area contributed by atoms with E-state index in [0.717, 1.165) is 24.4 Å². The van der Waals surface area contributed by atoms with E-state index >= 15 is 0 Å². The summed E-state index contributed by atoms with van der Waals surface area (Å²) in [7, 11) is 0. The third-order valence-corrected chi connectivity index (χ3v) is 4.86. The number of halogens is 2. The lowest BCUT2D eigenvalue weighted by molar-refractivity contribution is 0.223. The molecular formula is C18H29Cl2N. The molecule has 1 atom stereocenters. The average Bonchev–Trinajstić information content (AvgIpc) is 2.44. The minimum atomic E-state index is 0.276. The van der Waals surface area contributed by atoms with Crippen molar-refractivity contribution >= 4 is 23.2 Å². The van der Waals surface area contributed by atoms with Crippen LogP contribution in [0.25, 0.3) is 0 Å². The lowest BCUT2D eigenvalue weighted by Crippen LogP contribution is -2.39. The molecule has 0 saturated carbocycles. The van der Waals surface area contributed by atoms with E-state index in [4.69, 9.17) is 23.2 Å². The van der Waals surface area contributed by atoms with Gasteiger partial charge in [-0.05, 0) is 42.4 Å². The van der Waals surface area contributed by atoms with Gasteiger partial charge in [-0.15, -0.1) is 0 Å². The first-order valence-corrected chi connectivity index (χ1v) is 8.85. The molecular weight excluding hydrogens is 301 g/mol. The van der Waals surface area contributed by atoms with Gasteiger partial charge < -0.3 is 5.32 Å². The molecule has 0 aromatic heterocycles. The SMILES string of the molecule is CCCCC(CC)(CNC(C)C)Cc1ccc(Cl)cc1Cl. The Kier molecular flexibility index (Phi) is 8.08. The van der Waals surface area contributed by atoms with Crippen molar-refractivity contribution in [2.75, 3.05) is 6.54 Å². The molecule has 1 N–H and O–H groups in total. The summed E-state index contributed by atoms with van der Waals surface area (Å²) in [5.41, 5.74) is 1.49. The van der Waals surface area contributed by atoms with Gasteiger partial charge in [-0.2, -0.15) is 0 Å². The van der Waals surface area contributed by atoms with Crippen molar-refractivity contribution in [1.82, 2.24) is 5.32 Å². The summed E-state index contributed by atoms with van der Waals surface area (Å²) in [6.45, 7) is 10.00. The fourth-order valence-corrected chi connectivity index (χ4v) is 3.18. The third kappa shape index (κ3) is 6.18. The highest BCUT2D eigenvalue weighted by Gasteiger charge is 2.28. The molecule has 1 aromatic rings. The van der Waals surface area contributed by atoms with Gasteiger partial charge in [-0.3, -0.25) is 0 Å². The topological polar surface area (TPSA) is 12.0 Å². The van der Waals surface area contributed by atoms with Crippen LogP contribution in [0.5, 0.6) is 0 Å². The fraction of sp³-hybridized carbons (Fsp3) is 0.667. The van der Waals surface area contributed by atoms with Crippen molar-refractivity contribution in [3.8, 4) is 0 Å². The van der Waals surface area contributed by atoms with E-state index in [-0.39, 0.29) is 5.41 Å². The molecule has 3 heteroatoms. The number of benzene rings is 1. The van der Waals surface area contributed by atoms with Crippen LogP contribution in [-0.4, -0.2) is 12.6 Å². The number of hydrogen-bond acceptors (Lipinski definition) is 1. The van der Waals surface area contributed by atoms with Crippen molar-refractivity contribution in [3.63, 3.8) is 0 Å². The van der Waals surface area contributed by atoms with E-state index < -0.39 is 0 Å². The Hall–Kier alpha value is -0.240. The molecule has 1 unspecified atom stereocenters. The number of hydrogen-bond donors (Lipinski definition) is 1. The first-order valence-electron chi connectivity index (χ1n) is 8.09. The molecule has 120 valence electrons. The largest absolute Gasteiger partial charge is 0.314 e. The van der Waals surface area contributed by atoms with Crippen molar-refractivity contribution in [3.05, 3.63) is 33.8 Å². The maximum atomic E-state index is 6.38. The zero-order chi connectivity index (χ0) is 15.9. The second-order valence-corrected chi connectivity index (χ2v) is 7.25. The molecule has 0 heterocycles. The molecule has 1 rings (SSSR count). The zero-order valence-corrected chi connectivity index (χ0v) is 15.3. The van der Waals surface area contributed by atoms with Gasteiger partial charge in [0.2, 0.25) is 0 Å². The van der Waals surface area contributed by atoms with Gasteiger partial charge in [0, 0.05) is 22.6 Å². The van der Waals surface area contributed by atoms with Crippen molar-refractivity contribution in [2.24, 2.45) is 5.41 Å². The summed E-state index contributed by atoms with van der Waals surface area (Å²) >= 11 is 12.4. The molecule has 0 aliphatic heterocycles. The van der Waals surface area contributed by atoms with Gasteiger partial charge in [-0.25, -0.2) is 0 Å². The van der Waals surface area contributed by atoms with Crippen LogP contribution >= 0.6 is 23.2 Å². The van der Waals surface area contributed by atoms with Crippen LogP contribution in [-0.2, 0) is 6.42 Å². The molecule has 0 aliphatic carbocycles. The Balaban J connectivity index is 2.92. The summed E-state index contributed by atoms with van der Waals surface area (Å²) in [6, 6.07) is 6.39. The molecule has 0 spiro atoms. The molecule has 0 radical (unpaired) electrons. The Morgan fingerprint density at radius 2 is 1.90 bits per heavy atom. The molecule has 0 bridgehead atoms. The van der Waals surface area contributed by atoms with Gasteiger partial charge in [0.15, 0.2) is 0 Å². The van der Waals surface area contributed by atoms with Crippen LogP contribution in [0.4, 0.5) is 0 Å². The Bertz CT molecular complexity index is 431. The van der Waals surface area contributed by atoms with Crippen LogP contribution in [0, 0.1) is 5.41 Å². The molecule has 0 amide bonds. The van der Waals surface area contributed by atoms with E-state index in [9.17, 15) is 0 Å². The summed E-state index contributed by atoms with van der Waals surface area (Å²) < 4.78 is 0. The van der Waals surface area contributed by atoms with E-state index in [1.54, 1.807) is 0 Å². The van der Waals surface area contributed by atoms with E-state index in [1.165, 1.54) is 24.8 Å². The normalized spacial score (nSPS) is 14.4. The molecule has 21 heavy (non-hydrogen) atoms. The zero-order valence-electron chi connectivity index (χ0n) is 13.8. The average molecular weight is 330 g/mol. The van der Waals surface area contributed by atoms with Crippen LogP contribution in [0.15, 0.2) is 18.2 Å². The van der Waals surface area contributed by atoms with Crippen molar-refractivity contribution < 1.29 is 0 Å². The second kappa shape index (κ2) is 9.02. The van der Waals surface area contributed by atoms with E-state index in [0.29, 0.717) is 11.1 Å². The van der Waals surface area contributed by atoms with E-state index in [1.807, 2.05) is 12.1 Å². The van der Waals surface area contributed by atoms with Gasteiger partial charge >= 0.3 is 0 Å². The Morgan fingerprint density at radius 1 is 1.19 bits per heavy atom. The highest BCUT2D eigenvalue weighted by atomic mass is 35.5. The van der Waals surface area contributed by atoms with Crippen molar-refractivity contribution in [2.45, 2.75) is 65.8 Å². The lowest BCUT2D eigenvalue weighted by Gasteiger charge is -2.35. The molecule has 1 nitrogen and oxygen atoms in total. The smallest absolute Gasteiger partial charge is 0.0453 e. The van der Waals surface area contributed by atoms with Gasteiger partial charge in [0.25, 0.3) is 0 Å². The standard InChI is InChI=1S/C18H29Cl2N/c1-5-7-10-18(6-2,13-21-14(3)4)12-15-8-9-16(19)11-17(15)20/h8-9,11,14,21H,5-7,10,12-13H2,1-4H3. The monoisotopic (exact) mass is 329 g/mol. The van der Waals surface area contributed by atoms with Crippen LogP contribution < -0.4 is 5.32 Å². The summed E-state index contributed by atoms with van der Waals surface area (Å²) in [6.07, 6.45) is 5.90. The number of rotatable bonds is 9. The van der Waals surface area contributed by atoms with Crippen LogP contribution in [0.3, 0.4) is 0 Å². The predicted octanol–water partition coefficient (Wildman–Crippen LogP) is 6.12. The lowest BCUT2D eigenvalue weighted by atomic mass is 9.75. The van der Waals surface area contributed by atoms with Gasteiger partial charge in [-0.1, -0.05) is 69.8 Å². The maximum Gasteiger partial charge on any atom is 0.0453 e. The summed E-state index contributed by atoms with van der Waals surface area (Å²) in [5, 5.41) is 5.13. The highest BCUT2D eigenvalue weighted by molar-refractivity contribution is 6.35. The first-order chi connectivity index (χ1) is 9.92. The molecule has 0 saturated heterocycles. The second-order valence-electron chi connectivity index (χ2n) is 6.41. The van der Waals surface area contributed by atoms with Crippen LogP contribution in [0.1, 0.15) is 58.9 Å². The Labute approximate surface area is 140 Å². The van der Waals surface area contributed by atoms with Crippen molar-refractivity contribution in [1.29, 1.82) is 0 Å². The maximum absolute atomic E-state index is 6.38. The quantitative estimate of drug-likeness (QED) is 0.575. The fourth-order valence-electron chi connectivity index (χ4n) is 2.71. The molecule has 0 aliphatic rings. The van der Waals surface area contributed by atoms with Crippen LogP contribution in [0.2, 0.25) is 10.0 Å². The summed E-state index contributed by atoms with van der Waals surface area (Å²) in [5.74, 6) is 0. The third-order valence-electron chi connectivity index (χ3n) is 4.28. The molecule has 0 fully saturated rings. The van der Waals surface area contributed by atoms with Gasteiger partial charge in [0.05, 0.1) is 0 Å². The number of nitrogens with one attached hydrogen (secondary N) is 1.